The number of aromatic nitrogens is 4. The summed E-state index contributed by atoms with van der Waals surface area (Å²) < 4.78 is 5.87. The van der Waals surface area contributed by atoms with Crippen molar-refractivity contribution in [3.8, 4) is 0 Å². The maximum Gasteiger partial charge on any atom is 0.374 e. The van der Waals surface area contributed by atoms with Gasteiger partial charge in [-0.2, -0.15) is 5.10 Å². The third-order valence-electron chi connectivity index (χ3n) is 1.98. The second-order valence-electron chi connectivity index (χ2n) is 2.91. The van der Waals surface area contributed by atoms with Crippen LogP contribution in [0.2, 0.25) is 0 Å². The van der Waals surface area contributed by atoms with Crippen LogP contribution in [0.1, 0.15) is 10.6 Å². The Bertz CT molecular complexity index is 583. The lowest BCUT2D eigenvalue weighted by molar-refractivity contribution is 0.0587. The molecule has 0 unspecified atom stereocenters. The molecular weight excluding hydrogens is 200 g/mol. The number of hydrogen-bond acceptors (Lipinski definition) is 5. The van der Waals surface area contributed by atoms with Gasteiger partial charge >= 0.3 is 5.97 Å². The Morgan fingerprint density at radius 2 is 2.33 bits per heavy atom. The molecule has 2 heterocycles. The van der Waals surface area contributed by atoms with Gasteiger partial charge < -0.3 is 9.72 Å². The SMILES string of the molecule is COC(=O)c1nc2c(cnn2C)c(=O)[nH]1. The zero-order valence-corrected chi connectivity index (χ0v) is 8.14. The molecule has 0 saturated carbocycles. The molecule has 7 heteroatoms. The number of aromatic amines is 1. The second-order valence-corrected chi connectivity index (χ2v) is 2.91. The van der Waals surface area contributed by atoms with Crippen molar-refractivity contribution in [1.82, 2.24) is 19.7 Å². The Morgan fingerprint density at radius 1 is 1.60 bits per heavy atom. The lowest BCUT2D eigenvalue weighted by Crippen LogP contribution is -2.17. The van der Waals surface area contributed by atoms with Crippen LogP contribution >= 0.6 is 0 Å². The molecule has 0 radical (unpaired) electrons. The molecule has 0 saturated heterocycles. The van der Waals surface area contributed by atoms with Crippen LogP contribution in [0.4, 0.5) is 0 Å². The maximum absolute atomic E-state index is 11.5. The fourth-order valence-electron chi connectivity index (χ4n) is 1.23. The number of carbonyl (C=O) groups excluding carboxylic acids is 1. The number of rotatable bonds is 1. The van der Waals surface area contributed by atoms with Gasteiger partial charge in [0.05, 0.1) is 13.3 Å². The van der Waals surface area contributed by atoms with Gasteiger partial charge in [-0.25, -0.2) is 9.78 Å². The van der Waals surface area contributed by atoms with E-state index in [2.05, 4.69) is 19.8 Å². The molecule has 15 heavy (non-hydrogen) atoms. The molecule has 0 aliphatic rings. The minimum Gasteiger partial charge on any atom is -0.463 e. The molecule has 0 aliphatic heterocycles. The summed E-state index contributed by atoms with van der Waals surface area (Å²) in [4.78, 5) is 28.9. The first-order valence-corrected chi connectivity index (χ1v) is 4.14. The molecule has 0 aromatic carbocycles. The first-order chi connectivity index (χ1) is 7.13. The first-order valence-electron chi connectivity index (χ1n) is 4.14. The van der Waals surface area contributed by atoms with Crippen LogP contribution in [0, 0.1) is 0 Å². The number of carbonyl (C=O) groups is 1. The van der Waals surface area contributed by atoms with Crippen LogP contribution in [-0.2, 0) is 11.8 Å². The van der Waals surface area contributed by atoms with Crippen molar-refractivity contribution in [3.63, 3.8) is 0 Å². The van der Waals surface area contributed by atoms with Gasteiger partial charge in [-0.15, -0.1) is 0 Å². The van der Waals surface area contributed by atoms with Crippen LogP contribution in [0.3, 0.4) is 0 Å². The van der Waals surface area contributed by atoms with E-state index in [9.17, 15) is 9.59 Å². The van der Waals surface area contributed by atoms with Gasteiger partial charge in [0.1, 0.15) is 5.39 Å². The first kappa shape index (κ1) is 9.38. The van der Waals surface area contributed by atoms with Crippen LogP contribution < -0.4 is 5.56 Å². The number of ether oxygens (including phenoxy) is 1. The molecule has 2 aromatic heterocycles. The zero-order chi connectivity index (χ0) is 11.0. The highest BCUT2D eigenvalue weighted by Gasteiger charge is 2.13. The van der Waals surface area contributed by atoms with Crippen LogP contribution in [0.15, 0.2) is 11.0 Å². The Balaban J connectivity index is 2.76. The quantitative estimate of drug-likeness (QED) is 0.634. The van der Waals surface area contributed by atoms with Gasteiger partial charge in [-0.05, 0) is 0 Å². The summed E-state index contributed by atoms with van der Waals surface area (Å²) in [5, 5.41) is 4.20. The summed E-state index contributed by atoms with van der Waals surface area (Å²) in [5.74, 6) is -0.811. The summed E-state index contributed by atoms with van der Waals surface area (Å²) in [6.07, 6.45) is 1.39. The number of esters is 1. The van der Waals surface area contributed by atoms with Crippen molar-refractivity contribution >= 4 is 17.0 Å². The smallest absolute Gasteiger partial charge is 0.374 e. The van der Waals surface area contributed by atoms with E-state index >= 15 is 0 Å². The minimum absolute atomic E-state index is 0.126. The predicted molar refractivity (Wildman–Crippen MR) is 50.5 cm³/mol. The van der Waals surface area contributed by atoms with Gasteiger partial charge in [-0.3, -0.25) is 9.48 Å². The number of hydrogen-bond donors (Lipinski definition) is 1. The number of methoxy groups -OCH3 is 1. The van der Waals surface area contributed by atoms with Gasteiger partial charge in [0.15, 0.2) is 5.65 Å². The summed E-state index contributed by atoms with van der Waals surface area (Å²) in [6, 6.07) is 0. The molecule has 78 valence electrons. The number of aryl methyl sites for hydroxylation is 1. The van der Waals surface area contributed by atoms with Crippen LogP contribution in [0.25, 0.3) is 11.0 Å². The van der Waals surface area contributed by atoms with E-state index in [0.29, 0.717) is 11.0 Å². The van der Waals surface area contributed by atoms with Gasteiger partial charge in [0, 0.05) is 7.05 Å². The largest absolute Gasteiger partial charge is 0.463 e. The van der Waals surface area contributed by atoms with Crippen molar-refractivity contribution in [1.29, 1.82) is 0 Å². The van der Waals surface area contributed by atoms with Crippen molar-refractivity contribution in [3.05, 3.63) is 22.4 Å². The fraction of sp³-hybridized carbons (Fsp3) is 0.250. The van der Waals surface area contributed by atoms with E-state index in [1.807, 2.05) is 0 Å². The van der Waals surface area contributed by atoms with Crippen LogP contribution in [-0.4, -0.2) is 32.8 Å². The average Bonchev–Trinajstić information content (AvgIpc) is 2.60. The number of nitrogens with zero attached hydrogens (tertiary/aromatic N) is 3. The molecule has 0 spiro atoms. The maximum atomic E-state index is 11.5. The van der Waals surface area contributed by atoms with E-state index in [1.54, 1.807) is 7.05 Å². The molecule has 0 atom stereocenters. The topological polar surface area (TPSA) is 89.9 Å². The molecule has 1 N–H and O–H groups in total. The zero-order valence-electron chi connectivity index (χ0n) is 8.14. The number of H-pyrrole nitrogens is 1. The van der Waals surface area contributed by atoms with E-state index in [0.717, 1.165) is 0 Å². The summed E-state index contributed by atoms with van der Waals surface area (Å²) in [7, 11) is 2.85. The Kier molecular flexibility index (Phi) is 2.00. The molecule has 0 aliphatic carbocycles. The third-order valence-corrected chi connectivity index (χ3v) is 1.98. The Hall–Kier alpha value is -2.18. The van der Waals surface area contributed by atoms with Crippen molar-refractivity contribution in [2.45, 2.75) is 0 Å². The Labute approximate surface area is 83.7 Å². The minimum atomic E-state index is -0.685. The molecule has 0 bridgehead atoms. The number of nitrogens with one attached hydrogen (secondary N) is 1. The molecule has 0 amide bonds. The fourth-order valence-corrected chi connectivity index (χ4v) is 1.23. The van der Waals surface area contributed by atoms with E-state index in [-0.39, 0.29) is 5.82 Å². The van der Waals surface area contributed by atoms with Crippen molar-refractivity contribution < 1.29 is 9.53 Å². The monoisotopic (exact) mass is 208 g/mol. The highest BCUT2D eigenvalue weighted by molar-refractivity contribution is 5.87. The normalized spacial score (nSPS) is 10.5. The molecule has 2 rings (SSSR count). The Morgan fingerprint density at radius 3 is 3.00 bits per heavy atom. The summed E-state index contributed by atoms with van der Waals surface area (Å²) in [6.45, 7) is 0. The predicted octanol–water partition coefficient (Wildman–Crippen LogP) is -0.557. The third kappa shape index (κ3) is 1.37. The van der Waals surface area contributed by atoms with Gasteiger partial charge in [0.2, 0.25) is 5.82 Å². The van der Waals surface area contributed by atoms with Gasteiger partial charge in [-0.1, -0.05) is 0 Å². The lowest BCUT2D eigenvalue weighted by Gasteiger charge is -1.98. The standard InChI is InChI=1S/C8H8N4O3/c1-12-6-4(3-9-12)7(13)11-5(10-6)8(14)15-2/h3H,1-2H3,(H,10,11,13). The lowest BCUT2D eigenvalue weighted by atomic mass is 10.4. The van der Waals surface area contributed by atoms with E-state index in [1.165, 1.54) is 18.0 Å². The highest BCUT2D eigenvalue weighted by Crippen LogP contribution is 2.04. The molecular formula is C8H8N4O3. The molecule has 7 nitrogen and oxygen atoms in total. The molecule has 2 aromatic rings. The summed E-state index contributed by atoms with van der Waals surface area (Å²) >= 11 is 0. The average molecular weight is 208 g/mol. The van der Waals surface area contributed by atoms with Crippen LogP contribution in [0.5, 0.6) is 0 Å². The summed E-state index contributed by atoms with van der Waals surface area (Å²) in [5.41, 5.74) is -0.0624. The van der Waals surface area contributed by atoms with Crippen molar-refractivity contribution in [2.75, 3.05) is 7.11 Å². The van der Waals surface area contributed by atoms with E-state index in [4.69, 9.17) is 0 Å². The van der Waals surface area contributed by atoms with Crippen molar-refractivity contribution in [2.24, 2.45) is 7.05 Å². The van der Waals surface area contributed by atoms with E-state index < -0.39 is 11.5 Å². The van der Waals surface area contributed by atoms with Gasteiger partial charge in [0.25, 0.3) is 5.56 Å². The second kappa shape index (κ2) is 3.19. The highest BCUT2D eigenvalue weighted by atomic mass is 16.5. The molecule has 0 fully saturated rings. The number of fused-ring (bicyclic) bond motifs is 1.